The molecule has 29 heavy (non-hydrogen) atoms. The lowest BCUT2D eigenvalue weighted by Gasteiger charge is -2.46. The van der Waals surface area contributed by atoms with Crippen LogP contribution in [0.2, 0.25) is 0 Å². The van der Waals surface area contributed by atoms with Gasteiger partial charge in [-0.2, -0.15) is 0 Å². The van der Waals surface area contributed by atoms with E-state index in [1.165, 1.54) is 22.4 Å². The molecule has 2 aromatic carbocycles. The zero-order chi connectivity index (χ0) is 19.7. The highest BCUT2D eigenvalue weighted by atomic mass is 16.3. The number of pyridine rings is 1. The highest BCUT2D eigenvalue weighted by molar-refractivity contribution is 6.08. The van der Waals surface area contributed by atoms with Crippen molar-refractivity contribution in [2.24, 2.45) is 0 Å². The fraction of sp³-hybridized carbons (Fsp3) is 0.320. The maximum atomic E-state index is 6.41. The lowest BCUT2D eigenvalue weighted by molar-refractivity contribution is 0.154. The zero-order valence-electron chi connectivity index (χ0n) is 17.1. The van der Waals surface area contributed by atoms with E-state index in [0.29, 0.717) is 12.2 Å². The summed E-state index contributed by atoms with van der Waals surface area (Å²) in [6.45, 7) is 8.69. The molecule has 2 bridgehead atoms. The Hall–Kier alpha value is -2.85. The minimum absolute atomic E-state index is 0.313. The highest BCUT2D eigenvalue weighted by Gasteiger charge is 2.40. The normalized spacial score (nSPS) is 23.6. The van der Waals surface area contributed by atoms with Crippen molar-refractivity contribution < 1.29 is 4.42 Å². The molecule has 4 aromatic rings. The highest BCUT2D eigenvalue weighted by Crippen LogP contribution is 2.46. The Balaban J connectivity index is 1.63. The molecule has 3 aliphatic heterocycles. The van der Waals surface area contributed by atoms with Gasteiger partial charge in [-0.05, 0) is 56.0 Å². The van der Waals surface area contributed by atoms with E-state index in [9.17, 15) is 0 Å². The number of aryl methyl sites for hydroxylation is 2. The van der Waals surface area contributed by atoms with E-state index in [2.05, 4.69) is 77.2 Å². The van der Waals surface area contributed by atoms with Gasteiger partial charge in [0.05, 0.1) is 17.9 Å². The minimum atomic E-state index is 0.313. The third-order valence-corrected chi connectivity index (χ3v) is 6.82. The average molecular weight is 383 g/mol. The summed E-state index contributed by atoms with van der Waals surface area (Å²) >= 11 is 0. The van der Waals surface area contributed by atoms with Crippen LogP contribution < -0.4 is 4.90 Å². The predicted molar refractivity (Wildman–Crippen MR) is 117 cm³/mol. The predicted octanol–water partition coefficient (Wildman–Crippen LogP) is 5.71. The van der Waals surface area contributed by atoms with Crippen LogP contribution in [0, 0.1) is 13.8 Å². The van der Waals surface area contributed by atoms with E-state index in [0.717, 1.165) is 47.3 Å². The summed E-state index contributed by atoms with van der Waals surface area (Å²) in [6.07, 6.45) is 1.45. The van der Waals surface area contributed by atoms with Crippen LogP contribution in [0.15, 0.2) is 52.9 Å². The van der Waals surface area contributed by atoms with Crippen LogP contribution in [0.4, 0.5) is 5.69 Å². The van der Waals surface area contributed by atoms with Crippen LogP contribution in [0.25, 0.3) is 22.1 Å². The lowest BCUT2D eigenvalue weighted by atomic mass is 9.95. The average Bonchev–Trinajstić information content (AvgIpc) is 2.90. The van der Waals surface area contributed by atoms with Gasteiger partial charge in [-0.15, -0.1) is 0 Å². The smallest absolute Gasteiger partial charge is 0.227 e. The molecular weight excluding hydrogens is 358 g/mol. The molecule has 1 saturated heterocycles. The van der Waals surface area contributed by atoms with Gasteiger partial charge in [0.2, 0.25) is 5.71 Å². The molecule has 3 atom stereocenters. The van der Waals surface area contributed by atoms with E-state index in [4.69, 9.17) is 4.42 Å². The summed E-state index contributed by atoms with van der Waals surface area (Å²) < 4.78 is 6.41. The Morgan fingerprint density at radius 3 is 2.72 bits per heavy atom. The molecule has 2 aromatic heterocycles. The summed E-state index contributed by atoms with van der Waals surface area (Å²) in [5.41, 5.74) is 8.08. The topological polar surface area (TPSA) is 32.5 Å². The van der Waals surface area contributed by atoms with Gasteiger partial charge in [0.15, 0.2) is 5.58 Å². The van der Waals surface area contributed by atoms with Crippen LogP contribution in [0.1, 0.15) is 41.8 Å². The van der Waals surface area contributed by atoms with Crippen molar-refractivity contribution in [1.29, 1.82) is 0 Å². The molecule has 3 aliphatic rings. The van der Waals surface area contributed by atoms with Crippen molar-refractivity contribution >= 4 is 27.8 Å². The SMILES string of the molecule is Cc1ccc2c(n1)oc1c(N3C4CCN(Cc5ccccc54)[C@@H]3C)c(C)ccc12. The van der Waals surface area contributed by atoms with Gasteiger partial charge in [-0.25, -0.2) is 4.98 Å². The van der Waals surface area contributed by atoms with Gasteiger partial charge in [0, 0.05) is 29.6 Å². The summed E-state index contributed by atoms with van der Waals surface area (Å²) in [6, 6.07) is 17.9. The van der Waals surface area contributed by atoms with Gasteiger partial charge in [-0.3, -0.25) is 4.90 Å². The molecule has 4 nitrogen and oxygen atoms in total. The molecule has 4 heteroatoms. The molecule has 0 N–H and O–H groups in total. The van der Waals surface area contributed by atoms with E-state index in [-0.39, 0.29) is 0 Å². The van der Waals surface area contributed by atoms with Crippen molar-refractivity contribution in [3.05, 3.63) is 70.9 Å². The van der Waals surface area contributed by atoms with Gasteiger partial charge in [0.1, 0.15) is 0 Å². The summed E-state index contributed by atoms with van der Waals surface area (Å²) in [5, 5.41) is 2.25. The Morgan fingerprint density at radius 2 is 1.83 bits per heavy atom. The summed E-state index contributed by atoms with van der Waals surface area (Å²) in [5.74, 6) is 0. The van der Waals surface area contributed by atoms with Crippen LogP contribution in [0.3, 0.4) is 0 Å². The molecule has 1 fully saturated rings. The Bertz CT molecular complexity index is 1260. The number of benzene rings is 2. The molecule has 0 aliphatic carbocycles. The molecule has 0 spiro atoms. The fourth-order valence-corrected chi connectivity index (χ4v) is 5.35. The second kappa shape index (κ2) is 6.07. The third-order valence-electron chi connectivity index (χ3n) is 6.82. The van der Waals surface area contributed by atoms with Gasteiger partial charge in [-0.1, -0.05) is 36.4 Å². The Labute approximate surface area is 170 Å². The van der Waals surface area contributed by atoms with Crippen LogP contribution >= 0.6 is 0 Å². The van der Waals surface area contributed by atoms with Gasteiger partial charge < -0.3 is 9.32 Å². The maximum absolute atomic E-state index is 6.41. The number of hydrogen-bond donors (Lipinski definition) is 0. The second-order valence-electron chi connectivity index (χ2n) is 8.53. The van der Waals surface area contributed by atoms with Gasteiger partial charge in [0.25, 0.3) is 0 Å². The van der Waals surface area contributed by atoms with Crippen molar-refractivity contribution in [2.75, 3.05) is 11.4 Å². The number of fused-ring (bicyclic) bond motifs is 5. The molecule has 146 valence electrons. The fourth-order valence-electron chi connectivity index (χ4n) is 5.35. The molecule has 0 saturated carbocycles. The Kier molecular flexibility index (Phi) is 3.57. The molecule has 5 heterocycles. The molecule has 2 unspecified atom stereocenters. The maximum Gasteiger partial charge on any atom is 0.227 e. The first-order chi connectivity index (χ1) is 14.1. The quantitative estimate of drug-likeness (QED) is 0.421. The third kappa shape index (κ3) is 2.39. The van der Waals surface area contributed by atoms with E-state index in [1.54, 1.807) is 0 Å². The van der Waals surface area contributed by atoms with Crippen molar-refractivity contribution in [2.45, 2.75) is 45.9 Å². The number of rotatable bonds is 1. The minimum Gasteiger partial charge on any atom is -0.436 e. The molecule has 7 rings (SSSR count). The van der Waals surface area contributed by atoms with Crippen molar-refractivity contribution in [3.8, 4) is 0 Å². The van der Waals surface area contributed by atoms with Gasteiger partial charge >= 0.3 is 0 Å². The zero-order valence-corrected chi connectivity index (χ0v) is 17.1. The van der Waals surface area contributed by atoms with Crippen LogP contribution in [-0.4, -0.2) is 22.6 Å². The molecular formula is C25H25N3O. The first kappa shape index (κ1) is 17.0. The van der Waals surface area contributed by atoms with Crippen molar-refractivity contribution in [3.63, 3.8) is 0 Å². The lowest BCUT2D eigenvalue weighted by Crippen LogP contribution is -2.51. The van der Waals surface area contributed by atoms with Crippen LogP contribution in [-0.2, 0) is 6.54 Å². The number of nitrogens with zero attached hydrogens (tertiary/aromatic N) is 3. The van der Waals surface area contributed by atoms with Crippen molar-refractivity contribution in [1.82, 2.24) is 9.88 Å². The Morgan fingerprint density at radius 1 is 1.00 bits per heavy atom. The second-order valence-corrected chi connectivity index (χ2v) is 8.53. The number of aromatic nitrogens is 1. The number of furan rings is 1. The van der Waals surface area contributed by atoms with E-state index >= 15 is 0 Å². The summed E-state index contributed by atoms with van der Waals surface area (Å²) in [7, 11) is 0. The largest absolute Gasteiger partial charge is 0.436 e. The van der Waals surface area contributed by atoms with E-state index in [1.807, 2.05) is 6.92 Å². The monoisotopic (exact) mass is 383 g/mol. The standard InChI is InChI=1S/C25H25N3O/c1-15-8-10-20-21-11-9-16(2)26-25(21)29-24(20)23(15)28-17(3)27-13-12-22(28)19-7-5-4-6-18(19)14-27/h4-11,17,22H,12-14H2,1-3H3/t17-,22?/m0/s1. The first-order valence-corrected chi connectivity index (χ1v) is 10.5. The first-order valence-electron chi connectivity index (χ1n) is 10.5. The number of anilines is 1. The van der Waals surface area contributed by atoms with E-state index < -0.39 is 0 Å². The summed E-state index contributed by atoms with van der Waals surface area (Å²) in [4.78, 5) is 9.84. The molecule has 0 amide bonds. The molecule has 0 radical (unpaired) electrons. The number of hydrogen-bond acceptors (Lipinski definition) is 4. The van der Waals surface area contributed by atoms with Crippen LogP contribution in [0.5, 0.6) is 0 Å².